The van der Waals surface area contributed by atoms with E-state index in [0.717, 1.165) is 18.2 Å². The smallest absolute Gasteiger partial charge is 0.256 e. The molecule has 1 aliphatic heterocycles. The normalized spacial score (nSPS) is 20.1. The van der Waals surface area contributed by atoms with Gasteiger partial charge >= 0.3 is 0 Å². The minimum absolute atomic E-state index is 0.0595. The zero-order valence-electron chi connectivity index (χ0n) is 14.0. The Morgan fingerprint density at radius 3 is 2.80 bits per heavy atom. The highest BCUT2D eigenvalue weighted by atomic mass is 19.1. The van der Waals surface area contributed by atoms with Gasteiger partial charge in [-0.05, 0) is 44.0 Å². The van der Waals surface area contributed by atoms with E-state index in [2.05, 4.69) is 10.2 Å². The van der Waals surface area contributed by atoms with Crippen LogP contribution in [0.1, 0.15) is 46.7 Å². The van der Waals surface area contributed by atoms with E-state index in [-0.39, 0.29) is 24.4 Å². The first-order chi connectivity index (χ1) is 11.9. The first-order valence-corrected chi connectivity index (χ1v) is 8.17. The van der Waals surface area contributed by atoms with E-state index in [0.29, 0.717) is 23.4 Å². The number of carbonyl (C=O) groups excluding carboxylic acids is 1. The van der Waals surface area contributed by atoms with Crippen molar-refractivity contribution in [2.75, 3.05) is 6.54 Å². The first kappa shape index (κ1) is 17.4. The molecule has 0 spiro atoms. The number of carbonyl (C=O) groups is 1. The van der Waals surface area contributed by atoms with Crippen molar-refractivity contribution in [3.63, 3.8) is 0 Å². The Morgan fingerprint density at radius 2 is 2.08 bits per heavy atom. The molecule has 132 valence electrons. The molecule has 1 aromatic carbocycles. The van der Waals surface area contributed by atoms with Gasteiger partial charge in [0, 0.05) is 12.1 Å². The fourth-order valence-corrected chi connectivity index (χ4v) is 3.22. The van der Waals surface area contributed by atoms with Crippen LogP contribution in [-0.2, 0) is 6.42 Å². The molecule has 1 saturated heterocycles. The van der Waals surface area contributed by atoms with Gasteiger partial charge in [-0.3, -0.25) is 4.79 Å². The lowest BCUT2D eigenvalue weighted by Crippen LogP contribution is -2.33. The highest BCUT2D eigenvalue weighted by Crippen LogP contribution is 2.35. The lowest BCUT2D eigenvalue weighted by atomic mass is 10.0. The number of β-amino-alcohol motifs (C(OH)–C–C–N with tert-alkyl or cyclic N) is 1. The number of benzene rings is 1. The van der Waals surface area contributed by atoms with Crippen LogP contribution in [0, 0.1) is 18.6 Å². The zero-order chi connectivity index (χ0) is 18.1. The van der Waals surface area contributed by atoms with Gasteiger partial charge in [0.1, 0.15) is 11.6 Å². The number of halogens is 2. The second-order valence-corrected chi connectivity index (χ2v) is 6.23. The second-order valence-electron chi connectivity index (χ2n) is 6.23. The zero-order valence-corrected chi connectivity index (χ0v) is 14.0. The molecule has 5 nitrogen and oxygen atoms in total. The molecule has 3 rings (SSSR count). The molecular formula is C18H19F2N3O2. The molecule has 1 N–H and O–H groups in total. The van der Waals surface area contributed by atoms with Gasteiger partial charge in [-0.15, -0.1) is 0 Å². The number of amides is 1. The Labute approximate surface area is 144 Å². The Morgan fingerprint density at radius 1 is 1.32 bits per heavy atom. The summed E-state index contributed by atoms with van der Waals surface area (Å²) in [7, 11) is 0. The number of nitrogens with zero attached hydrogens (tertiary/aromatic N) is 3. The van der Waals surface area contributed by atoms with Crippen molar-refractivity contribution in [3.05, 3.63) is 58.4 Å². The quantitative estimate of drug-likeness (QED) is 0.927. The van der Waals surface area contributed by atoms with E-state index in [9.17, 15) is 18.7 Å². The minimum atomic E-state index is -0.794. The summed E-state index contributed by atoms with van der Waals surface area (Å²) in [4.78, 5) is 14.4. The standard InChI is InChI=1S/C18H19F2N3O2/c1-3-16-14(6-10(2)21-22-16)18(25)23-9-12(24)8-17(23)13-7-11(19)4-5-15(13)20/h4-7,12,17,24H,3,8-9H2,1-2H3/t12-,17+/m1/s1. The van der Waals surface area contributed by atoms with Gasteiger partial charge < -0.3 is 10.0 Å². The summed E-state index contributed by atoms with van der Waals surface area (Å²) < 4.78 is 27.8. The number of aliphatic hydroxyl groups is 1. The third-order valence-corrected chi connectivity index (χ3v) is 4.41. The fraction of sp³-hybridized carbons (Fsp3) is 0.389. The average Bonchev–Trinajstić information content (AvgIpc) is 2.98. The van der Waals surface area contributed by atoms with Crippen LogP contribution in [-0.4, -0.2) is 38.8 Å². The summed E-state index contributed by atoms with van der Waals surface area (Å²) in [6.07, 6.45) is -0.118. The number of hydrogen-bond donors (Lipinski definition) is 1. The molecule has 1 fully saturated rings. The largest absolute Gasteiger partial charge is 0.391 e. The topological polar surface area (TPSA) is 66.3 Å². The summed E-state index contributed by atoms with van der Waals surface area (Å²) >= 11 is 0. The van der Waals surface area contributed by atoms with Gasteiger partial charge in [-0.1, -0.05) is 6.92 Å². The molecular weight excluding hydrogens is 328 g/mol. The predicted molar refractivity (Wildman–Crippen MR) is 86.9 cm³/mol. The van der Waals surface area contributed by atoms with E-state index in [1.807, 2.05) is 6.92 Å². The van der Waals surface area contributed by atoms with Gasteiger partial charge in [-0.2, -0.15) is 10.2 Å². The Hall–Kier alpha value is -2.41. The van der Waals surface area contributed by atoms with E-state index < -0.39 is 23.8 Å². The number of aliphatic hydroxyl groups excluding tert-OH is 1. The van der Waals surface area contributed by atoms with E-state index in [4.69, 9.17) is 0 Å². The molecule has 2 atom stereocenters. The van der Waals surface area contributed by atoms with Gasteiger partial charge in [0.05, 0.1) is 29.1 Å². The highest BCUT2D eigenvalue weighted by Gasteiger charge is 2.38. The number of aromatic nitrogens is 2. The maximum Gasteiger partial charge on any atom is 0.256 e. The van der Waals surface area contributed by atoms with Crippen LogP contribution in [0.25, 0.3) is 0 Å². The van der Waals surface area contributed by atoms with E-state index in [1.165, 1.54) is 4.90 Å². The van der Waals surface area contributed by atoms with Gasteiger partial charge in [0.25, 0.3) is 5.91 Å². The molecule has 0 radical (unpaired) electrons. The second kappa shape index (κ2) is 6.84. The third kappa shape index (κ3) is 3.37. The Kier molecular flexibility index (Phi) is 4.76. The summed E-state index contributed by atoms with van der Waals surface area (Å²) in [5.41, 5.74) is 1.58. The van der Waals surface area contributed by atoms with Gasteiger partial charge in [0.2, 0.25) is 0 Å². The number of rotatable bonds is 3. The van der Waals surface area contributed by atoms with Crippen LogP contribution >= 0.6 is 0 Å². The van der Waals surface area contributed by atoms with Crippen LogP contribution in [0.3, 0.4) is 0 Å². The number of hydrogen-bond acceptors (Lipinski definition) is 4. The third-order valence-electron chi connectivity index (χ3n) is 4.41. The molecule has 0 bridgehead atoms. The summed E-state index contributed by atoms with van der Waals surface area (Å²) in [6, 6.07) is 4.05. The lowest BCUT2D eigenvalue weighted by Gasteiger charge is -2.26. The van der Waals surface area contributed by atoms with Crippen molar-refractivity contribution in [3.8, 4) is 0 Å². The molecule has 0 saturated carbocycles. The van der Waals surface area contributed by atoms with Gasteiger partial charge in [-0.25, -0.2) is 8.78 Å². The molecule has 1 aliphatic rings. The number of likely N-dealkylation sites (tertiary alicyclic amines) is 1. The molecule has 1 amide bonds. The minimum Gasteiger partial charge on any atom is -0.391 e. The molecule has 2 aromatic rings. The van der Waals surface area contributed by atoms with Crippen molar-refractivity contribution < 1.29 is 18.7 Å². The van der Waals surface area contributed by atoms with Crippen LogP contribution in [0.15, 0.2) is 24.3 Å². The number of aryl methyl sites for hydroxylation is 2. The predicted octanol–water partition coefficient (Wildman–Crippen LogP) is 2.57. The van der Waals surface area contributed by atoms with Crippen molar-refractivity contribution in [2.45, 2.75) is 38.8 Å². The fourth-order valence-electron chi connectivity index (χ4n) is 3.22. The van der Waals surface area contributed by atoms with Crippen molar-refractivity contribution in [1.82, 2.24) is 15.1 Å². The average molecular weight is 347 g/mol. The van der Waals surface area contributed by atoms with Crippen LogP contribution in [0.5, 0.6) is 0 Å². The summed E-state index contributed by atoms with van der Waals surface area (Å²) in [5.74, 6) is -1.54. The summed E-state index contributed by atoms with van der Waals surface area (Å²) in [6.45, 7) is 3.65. The van der Waals surface area contributed by atoms with E-state index >= 15 is 0 Å². The Balaban J connectivity index is 2.01. The van der Waals surface area contributed by atoms with E-state index in [1.54, 1.807) is 13.0 Å². The van der Waals surface area contributed by atoms with Crippen molar-refractivity contribution in [1.29, 1.82) is 0 Å². The molecule has 0 aliphatic carbocycles. The van der Waals surface area contributed by atoms with Crippen molar-refractivity contribution in [2.24, 2.45) is 0 Å². The van der Waals surface area contributed by atoms with Crippen LogP contribution < -0.4 is 0 Å². The Bertz CT molecular complexity index is 813. The molecule has 1 aromatic heterocycles. The highest BCUT2D eigenvalue weighted by molar-refractivity contribution is 5.95. The maximum absolute atomic E-state index is 14.2. The SMILES string of the molecule is CCc1nnc(C)cc1C(=O)N1C[C@H](O)C[C@H]1c1cc(F)ccc1F. The molecule has 0 unspecified atom stereocenters. The maximum atomic E-state index is 14.2. The first-order valence-electron chi connectivity index (χ1n) is 8.17. The monoisotopic (exact) mass is 347 g/mol. The molecule has 25 heavy (non-hydrogen) atoms. The van der Waals surface area contributed by atoms with Crippen LogP contribution in [0.2, 0.25) is 0 Å². The van der Waals surface area contributed by atoms with Crippen molar-refractivity contribution >= 4 is 5.91 Å². The molecule has 7 heteroatoms. The molecule has 2 heterocycles. The summed E-state index contributed by atoms with van der Waals surface area (Å²) in [5, 5.41) is 18.0. The lowest BCUT2D eigenvalue weighted by molar-refractivity contribution is 0.0711. The van der Waals surface area contributed by atoms with Crippen LogP contribution in [0.4, 0.5) is 8.78 Å². The van der Waals surface area contributed by atoms with Gasteiger partial charge in [0.15, 0.2) is 0 Å².